The van der Waals surface area contributed by atoms with E-state index < -0.39 is 67.2 Å². The van der Waals surface area contributed by atoms with Gasteiger partial charge in [-0.2, -0.15) is 0 Å². The molecule has 0 aromatic heterocycles. The summed E-state index contributed by atoms with van der Waals surface area (Å²) in [7, 11) is 0. The van der Waals surface area contributed by atoms with E-state index in [4.69, 9.17) is 33.5 Å². The van der Waals surface area contributed by atoms with Crippen molar-refractivity contribution in [1.82, 2.24) is 0 Å². The van der Waals surface area contributed by atoms with Crippen LogP contribution in [0.15, 0.2) is 121 Å². The van der Waals surface area contributed by atoms with Crippen LogP contribution in [0.1, 0.15) is 60.7 Å². The molecule has 0 bridgehead atoms. The molecule has 51 heavy (non-hydrogen) atoms. The SMILES string of the molecule is O=C(O)CCCCOC1OC(COC(=O)c2ccccc2)C(OC(=O)c2ccccc2)C(OC(=O)c2ccccc2)C1OC(=O)c1ccccc1. The Balaban J connectivity index is 1.52. The molecule has 1 N–H and O–H groups in total. The lowest BCUT2D eigenvalue weighted by molar-refractivity contribution is -0.298. The Morgan fingerprint density at radius 1 is 0.529 bits per heavy atom. The molecule has 1 aliphatic heterocycles. The predicted octanol–water partition coefficient (Wildman–Crippen LogP) is 5.52. The highest BCUT2D eigenvalue weighted by Crippen LogP contribution is 2.32. The van der Waals surface area contributed by atoms with Crippen LogP contribution in [0.5, 0.6) is 0 Å². The molecule has 0 radical (unpaired) electrons. The monoisotopic (exact) mass is 696 g/mol. The van der Waals surface area contributed by atoms with Crippen LogP contribution in [0, 0.1) is 0 Å². The average Bonchev–Trinajstić information content (AvgIpc) is 3.16. The Morgan fingerprint density at radius 2 is 0.941 bits per heavy atom. The van der Waals surface area contributed by atoms with Gasteiger partial charge in [-0.3, -0.25) is 4.79 Å². The second-order valence-electron chi connectivity index (χ2n) is 11.4. The third-order valence-corrected chi connectivity index (χ3v) is 7.80. The van der Waals surface area contributed by atoms with E-state index >= 15 is 0 Å². The molecular formula is C39H36O12. The molecule has 0 aliphatic carbocycles. The molecular weight excluding hydrogens is 660 g/mol. The number of carbonyl (C=O) groups excluding carboxylic acids is 4. The molecule has 5 unspecified atom stereocenters. The van der Waals surface area contributed by atoms with Crippen LogP contribution in [0.2, 0.25) is 0 Å². The fourth-order valence-electron chi connectivity index (χ4n) is 5.24. The van der Waals surface area contributed by atoms with Crippen molar-refractivity contribution >= 4 is 29.8 Å². The first-order valence-electron chi connectivity index (χ1n) is 16.3. The first-order chi connectivity index (χ1) is 24.8. The molecule has 0 spiro atoms. The van der Waals surface area contributed by atoms with Gasteiger partial charge in [-0.15, -0.1) is 0 Å². The first-order valence-corrected chi connectivity index (χ1v) is 16.3. The Morgan fingerprint density at radius 3 is 1.39 bits per heavy atom. The molecule has 12 nitrogen and oxygen atoms in total. The summed E-state index contributed by atoms with van der Waals surface area (Å²) in [5.74, 6) is -4.13. The Hall–Kier alpha value is -5.85. The summed E-state index contributed by atoms with van der Waals surface area (Å²) in [6.45, 7) is -0.528. The van der Waals surface area contributed by atoms with E-state index in [2.05, 4.69) is 0 Å². The maximum Gasteiger partial charge on any atom is 0.338 e. The van der Waals surface area contributed by atoms with Crippen LogP contribution in [-0.4, -0.2) is 78.9 Å². The topological polar surface area (TPSA) is 161 Å². The fraction of sp³-hybridized carbons (Fsp3) is 0.256. The minimum Gasteiger partial charge on any atom is -0.481 e. The van der Waals surface area contributed by atoms with Crippen LogP contribution < -0.4 is 0 Å². The Labute approximate surface area is 293 Å². The standard InChI is InChI=1S/C39H36O12/c40-31(41)23-13-14-24-46-39-34(51-38(45)29-21-11-4-12-22-29)33(50-37(44)28-19-9-3-10-20-28)32(49-36(43)27-17-7-2-8-18-27)30(48-39)25-47-35(42)26-15-5-1-6-16-26/h1-12,15-22,30,32-34,39H,13-14,23-25H2,(H,40,41). The van der Waals surface area contributed by atoms with Crippen molar-refractivity contribution in [2.24, 2.45) is 0 Å². The Bertz CT molecular complexity index is 1750. The molecule has 5 rings (SSSR count). The number of carboxylic acids is 1. The Kier molecular flexibility index (Phi) is 13.0. The van der Waals surface area contributed by atoms with E-state index in [1.165, 1.54) is 36.4 Å². The van der Waals surface area contributed by atoms with Crippen molar-refractivity contribution < 1.29 is 57.5 Å². The van der Waals surface area contributed by atoms with Crippen LogP contribution in [0.25, 0.3) is 0 Å². The zero-order valence-electron chi connectivity index (χ0n) is 27.4. The third-order valence-electron chi connectivity index (χ3n) is 7.80. The molecule has 5 atom stereocenters. The molecule has 0 amide bonds. The maximum atomic E-state index is 13.6. The molecule has 1 saturated heterocycles. The summed E-state index contributed by atoms with van der Waals surface area (Å²) >= 11 is 0. The number of benzene rings is 4. The third kappa shape index (κ3) is 10.3. The fourth-order valence-corrected chi connectivity index (χ4v) is 5.24. The number of carboxylic acid groups (broad SMARTS) is 1. The molecule has 12 heteroatoms. The summed E-state index contributed by atoms with van der Waals surface area (Å²) in [4.78, 5) is 64.7. The van der Waals surface area contributed by atoms with Gasteiger partial charge in [0.1, 0.15) is 12.7 Å². The number of carbonyl (C=O) groups is 5. The maximum absolute atomic E-state index is 13.6. The van der Waals surface area contributed by atoms with Gasteiger partial charge in [-0.05, 0) is 61.4 Å². The van der Waals surface area contributed by atoms with Gasteiger partial charge in [0.15, 0.2) is 24.6 Å². The summed E-state index contributed by atoms with van der Waals surface area (Å²) in [6, 6.07) is 32.3. The molecule has 264 valence electrons. The summed E-state index contributed by atoms with van der Waals surface area (Å²) in [5, 5.41) is 9.07. The first kappa shape index (κ1) is 36.4. The van der Waals surface area contributed by atoms with Crippen LogP contribution >= 0.6 is 0 Å². The average molecular weight is 697 g/mol. The van der Waals surface area contributed by atoms with Crippen LogP contribution in [0.4, 0.5) is 0 Å². The van der Waals surface area contributed by atoms with Gasteiger partial charge < -0.3 is 33.5 Å². The van der Waals surface area contributed by atoms with Crippen molar-refractivity contribution in [3.8, 4) is 0 Å². The van der Waals surface area contributed by atoms with E-state index in [0.29, 0.717) is 6.42 Å². The van der Waals surface area contributed by atoms with E-state index in [1.54, 1.807) is 84.9 Å². The molecule has 1 aliphatic rings. The van der Waals surface area contributed by atoms with Gasteiger partial charge >= 0.3 is 29.8 Å². The zero-order valence-corrected chi connectivity index (χ0v) is 27.4. The van der Waals surface area contributed by atoms with Gasteiger partial charge in [0.05, 0.1) is 22.3 Å². The summed E-state index contributed by atoms with van der Waals surface area (Å²) < 4.78 is 35.8. The lowest BCUT2D eigenvalue weighted by atomic mass is 9.97. The molecule has 4 aromatic rings. The number of hydrogen-bond acceptors (Lipinski definition) is 11. The van der Waals surface area contributed by atoms with Gasteiger partial charge in [0, 0.05) is 13.0 Å². The quantitative estimate of drug-likeness (QED) is 0.0944. The number of esters is 4. The minimum atomic E-state index is -1.55. The van der Waals surface area contributed by atoms with Crippen LogP contribution in [-0.2, 0) is 33.2 Å². The summed E-state index contributed by atoms with van der Waals surface area (Å²) in [5.41, 5.74) is 0.741. The van der Waals surface area contributed by atoms with Crippen molar-refractivity contribution in [2.75, 3.05) is 13.2 Å². The van der Waals surface area contributed by atoms with Crippen molar-refractivity contribution in [3.05, 3.63) is 144 Å². The van der Waals surface area contributed by atoms with Crippen molar-refractivity contribution in [2.45, 2.75) is 50.0 Å². The predicted molar refractivity (Wildman–Crippen MR) is 180 cm³/mol. The molecule has 1 heterocycles. The van der Waals surface area contributed by atoms with Crippen LogP contribution in [0.3, 0.4) is 0 Å². The normalized spacial score (nSPS) is 19.6. The highest BCUT2D eigenvalue weighted by molar-refractivity contribution is 5.91. The molecule has 0 saturated carbocycles. The molecule has 1 fully saturated rings. The second kappa shape index (κ2) is 18.2. The highest BCUT2D eigenvalue weighted by Gasteiger charge is 2.53. The largest absolute Gasteiger partial charge is 0.481 e. The lowest BCUT2D eigenvalue weighted by Gasteiger charge is -2.44. The van der Waals surface area contributed by atoms with E-state index in [0.717, 1.165) is 0 Å². The number of hydrogen-bond donors (Lipinski definition) is 1. The van der Waals surface area contributed by atoms with Gasteiger partial charge in [0.2, 0.25) is 0 Å². The zero-order chi connectivity index (χ0) is 36.0. The van der Waals surface area contributed by atoms with Crippen molar-refractivity contribution in [3.63, 3.8) is 0 Å². The van der Waals surface area contributed by atoms with E-state index in [-0.39, 0.29) is 41.7 Å². The molecule has 4 aromatic carbocycles. The van der Waals surface area contributed by atoms with Crippen molar-refractivity contribution in [1.29, 1.82) is 0 Å². The van der Waals surface area contributed by atoms with Gasteiger partial charge in [-0.1, -0.05) is 72.8 Å². The lowest BCUT2D eigenvalue weighted by Crippen LogP contribution is -2.63. The smallest absolute Gasteiger partial charge is 0.338 e. The number of ether oxygens (including phenoxy) is 6. The second-order valence-corrected chi connectivity index (χ2v) is 11.4. The highest BCUT2D eigenvalue weighted by atomic mass is 16.7. The van der Waals surface area contributed by atoms with E-state index in [1.807, 2.05) is 0 Å². The van der Waals surface area contributed by atoms with Gasteiger partial charge in [-0.25, -0.2) is 19.2 Å². The van der Waals surface area contributed by atoms with E-state index in [9.17, 15) is 24.0 Å². The minimum absolute atomic E-state index is 0.0400. The van der Waals surface area contributed by atoms with Gasteiger partial charge in [0.25, 0.3) is 0 Å². The number of rotatable bonds is 15. The summed E-state index contributed by atoms with van der Waals surface area (Å²) in [6.07, 6.45) is -6.82. The number of aliphatic carboxylic acids is 1. The number of unbranched alkanes of at least 4 members (excludes halogenated alkanes) is 1.